The van der Waals surface area contributed by atoms with Gasteiger partial charge in [-0.3, -0.25) is 4.79 Å². The summed E-state index contributed by atoms with van der Waals surface area (Å²) in [6.45, 7) is 8.73. The summed E-state index contributed by atoms with van der Waals surface area (Å²) >= 11 is 6.24. The van der Waals surface area contributed by atoms with Gasteiger partial charge in [0.05, 0.1) is 17.3 Å². The monoisotopic (exact) mass is 412 g/mol. The number of carbonyl (C=O) groups excluding carboxylic acids is 1. The van der Waals surface area contributed by atoms with Gasteiger partial charge in [0, 0.05) is 36.9 Å². The second kappa shape index (κ2) is 7.54. The molecule has 1 unspecified atom stereocenters. The van der Waals surface area contributed by atoms with E-state index in [0.717, 1.165) is 43.9 Å². The molecule has 6 heteroatoms. The van der Waals surface area contributed by atoms with Gasteiger partial charge < -0.3 is 20.9 Å². The highest BCUT2D eigenvalue weighted by Crippen LogP contribution is 2.47. The quantitative estimate of drug-likeness (QED) is 0.801. The van der Waals surface area contributed by atoms with Gasteiger partial charge in [0.2, 0.25) is 0 Å². The average molecular weight is 413 g/mol. The van der Waals surface area contributed by atoms with Crippen LogP contribution >= 0.6 is 11.6 Å². The van der Waals surface area contributed by atoms with Crippen molar-refractivity contribution in [2.45, 2.75) is 26.3 Å². The number of benzene rings is 2. The van der Waals surface area contributed by atoms with Gasteiger partial charge in [0.15, 0.2) is 0 Å². The number of hydrogen-bond acceptors (Lipinski definition) is 4. The van der Waals surface area contributed by atoms with Crippen molar-refractivity contribution < 1.29 is 4.79 Å². The minimum atomic E-state index is -0.458. The van der Waals surface area contributed by atoms with Crippen LogP contribution in [0.1, 0.15) is 41.4 Å². The molecule has 5 nitrogen and oxygen atoms in total. The van der Waals surface area contributed by atoms with Gasteiger partial charge in [0.25, 0.3) is 5.91 Å². The number of halogens is 1. The largest absolute Gasteiger partial charge is 0.377 e. The van der Waals surface area contributed by atoms with E-state index in [1.807, 2.05) is 6.07 Å². The van der Waals surface area contributed by atoms with Crippen LogP contribution in [0, 0.1) is 5.41 Å². The number of nitrogens with two attached hydrogens (primary N) is 1. The molecule has 0 spiro atoms. The number of likely N-dealkylation sites (N-methyl/N-ethyl adjacent to an activating group) is 1. The number of piperazine rings is 1. The molecular formula is C23H29ClN4O. The van der Waals surface area contributed by atoms with Gasteiger partial charge in [-0.2, -0.15) is 0 Å². The minimum Gasteiger partial charge on any atom is -0.377 e. The number of primary amides is 1. The molecule has 1 atom stereocenters. The Hall–Kier alpha value is -2.24. The second-order valence-electron chi connectivity index (χ2n) is 8.98. The van der Waals surface area contributed by atoms with Crippen molar-refractivity contribution in [3.8, 4) is 0 Å². The molecular weight excluding hydrogens is 384 g/mol. The van der Waals surface area contributed by atoms with Crippen molar-refractivity contribution in [1.82, 2.24) is 4.90 Å². The summed E-state index contributed by atoms with van der Waals surface area (Å²) in [4.78, 5) is 16.8. The predicted octanol–water partition coefficient (Wildman–Crippen LogP) is 3.93. The number of anilines is 2. The highest BCUT2D eigenvalue weighted by atomic mass is 35.5. The van der Waals surface area contributed by atoms with E-state index in [-0.39, 0.29) is 11.5 Å². The number of amides is 1. The van der Waals surface area contributed by atoms with E-state index in [4.69, 9.17) is 17.3 Å². The zero-order chi connectivity index (χ0) is 20.8. The summed E-state index contributed by atoms with van der Waals surface area (Å²) in [5.74, 6) is -0.458. The Balaban J connectivity index is 1.69. The van der Waals surface area contributed by atoms with Crippen LogP contribution < -0.4 is 16.0 Å². The average Bonchev–Trinajstić information content (AvgIpc) is 2.66. The molecule has 4 rings (SSSR count). The molecule has 3 N–H and O–H groups in total. The van der Waals surface area contributed by atoms with E-state index >= 15 is 0 Å². The number of fused-ring (bicyclic) bond motifs is 1. The van der Waals surface area contributed by atoms with Crippen LogP contribution in [0.25, 0.3) is 0 Å². The predicted molar refractivity (Wildman–Crippen MR) is 120 cm³/mol. The molecule has 2 aliphatic heterocycles. The number of hydrogen-bond donors (Lipinski definition) is 2. The maximum atomic E-state index is 12.0. The third-order valence-electron chi connectivity index (χ3n) is 6.24. The van der Waals surface area contributed by atoms with E-state index in [9.17, 15) is 4.79 Å². The summed E-state index contributed by atoms with van der Waals surface area (Å²) in [5.41, 5.74) is 10.4. The molecule has 1 fully saturated rings. The fourth-order valence-corrected chi connectivity index (χ4v) is 4.84. The first-order valence-electron chi connectivity index (χ1n) is 10.2. The summed E-state index contributed by atoms with van der Waals surface area (Å²) in [5, 5.41) is 4.18. The van der Waals surface area contributed by atoms with Crippen LogP contribution in [0.5, 0.6) is 0 Å². The summed E-state index contributed by atoms with van der Waals surface area (Å²) in [6.07, 6.45) is 0.819. The van der Waals surface area contributed by atoms with Crippen LogP contribution in [0.3, 0.4) is 0 Å². The second-order valence-corrected chi connectivity index (χ2v) is 9.42. The SMILES string of the molecule is CN1CCN(c2cccc(C3Nc4c(cc(Cl)cc4C(N)=O)CC3(C)C)c2)CC1. The first-order chi connectivity index (χ1) is 13.7. The van der Waals surface area contributed by atoms with Crippen LogP contribution in [-0.2, 0) is 6.42 Å². The fraction of sp³-hybridized carbons (Fsp3) is 0.435. The van der Waals surface area contributed by atoms with Crippen molar-refractivity contribution in [2.24, 2.45) is 11.1 Å². The standard InChI is InChI=1S/C23H29ClN4O/c1-23(2)14-16-11-17(24)13-19(22(25)29)20(16)26-21(23)15-5-4-6-18(12-15)28-9-7-27(3)8-10-28/h4-6,11-13,21,26H,7-10,14H2,1-3H3,(H2,25,29). The van der Waals surface area contributed by atoms with Crippen LogP contribution in [0.15, 0.2) is 36.4 Å². The molecule has 2 aromatic carbocycles. The molecule has 1 amide bonds. The molecule has 0 aliphatic carbocycles. The molecule has 1 saturated heterocycles. The van der Waals surface area contributed by atoms with E-state index in [0.29, 0.717) is 10.6 Å². The van der Waals surface area contributed by atoms with Crippen LogP contribution in [0.4, 0.5) is 11.4 Å². The Morgan fingerprint density at radius 1 is 1.17 bits per heavy atom. The summed E-state index contributed by atoms with van der Waals surface area (Å²) in [7, 11) is 2.17. The zero-order valence-electron chi connectivity index (χ0n) is 17.3. The van der Waals surface area contributed by atoms with Crippen LogP contribution in [-0.4, -0.2) is 44.0 Å². The Labute approximate surface area is 177 Å². The lowest BCUT2D eigenvalue weighted by atomic mass is 9.72. The normalized spacial score (nSPS) is 21.4. The lowest BCUT2D eigenvalue weighted by Gasteiger charge is -2.42. The van der Waals surface area contributed by atoms with Gasteiger partial charge >= 0.3 is 0 Å². The Morgan fingerprint density at radius 2 is 1.90 bits per heavy atom. The van der Waals surface area contributed by atoms with Gasteiger partial charge in [-0.05, 0) is 54.3 Å². The third-order valence-corrected chi connectivity index (χ3v) is 6.46. The third kappa shape index (κ3) is 3.94. The Morgan fingerprint density at radius 3 is 2.59 bits per heavy atom. The van der Waals surface area contributed by atoms with Crippen molar-refractivity contribution in [3.63, 3.8) is 0 Å². The maximum Gasteiger partial charge on any atom is 0.250 e. The lowest BCUT2D eigenvalue weighted by Crippen LogP contribution is -2.44. The Bertz CT molecular complexity index is 934. The number of rotatable bonds is 3. The van der Waals surface area contributed by atoms with Crippen molar-refractivity contribution >= 4 is 28.9 Å². The summed E-state index contributed by atoms with van der Waals surface area (Å²) in [6, 6.07) is 12.4. The number of carbonyl (C=O) groups is 1. The lowest BCUT2D eigenvalue weighted by molar-refractivity contribution is 0.100. The topological polar surface area (TPSA) is 61.6 Å². The van der Waals surface area contributed by atoms with Crippen LogP contribution in [0.2, 0.25) is 5.02 Å². The van der Waals surface area contributed by atoms with Gasteiger partial charge in [-0.25, -0.2) is 0 Å². The fourth-order valence-electron chi connectivity index (χ4n) is 4.60. The molecule has 0 radical (unpaired) electrons. The number of nitrogens with zero attached hydrogens (tertiary/aromatic N) is 2. The van der Waals surface area contributed by atoms with Gasteiger partial charge in [-0.1, -0.05) is 37.6 Å². The van der Waals surface area contributed by atoms with Crippen molar-refractivity contribution in [3.05, 3.63) is 58.1 Å². The smallest absolute Gasteiger partial charge is 0.250 e. The van der Waals surface area contributed by atoms with Crippen molar-refractivity contribution in [2.75, 3.05) is 43.4 Å². The number of nitrogens with one attached hydrogen (secondary N) is 1. The first-order valence-corrected chi connectivity index (χ1v) is 10.5. The molecule has 154 valence electrons. The molecule has 0 aromatic heterocycles. The first kappa shape index (κ1) is 20.0. The molecule has 0 bridgehead atoms. The molecule has 2 aromatic rings. The van der Waals surface area contributed by atoms with E-state index in [1.165, 1.54) is 11.3 Å². The van der Waals surface area contributed by atoms with Gasteiger partial charge in [-0.15, -0.1) is 0 Å². The maximum absolute atomic E-state index is 12.0. The molecule has 0 saturated carbocycles. The van der Waals surface area contributed by atoms with Gasteiger partial charge in [0.1, 0.15) is 0 Å². The highest BCUT2D eigenvalue weighted by Gasteiger charge is 2.37. The highest BCUT2D eigenvalue weighted by molar-refractivity contribution is 6.31. The van der Waals surface area contributed by atoms with E-state index < -0.39 is 5.91 Å². The zero-order valence-corrected chi connectivity index (χ0v) is 18.1. The van der Waals surface area contributed by atoms with E-state index in [2.05, 4.69) is 60.3 Å². The molecule has 29 heavy (non-hydrogen) atoms. The van der Waals surface area contributed by atoms with E-state index in [1.54, 1.807) is 6.07 Å². The minimum absolute atomic E-state index is 0.0483. The molecule has 2 heterocycles. The summed E-state index contributed by atoms with van der Waals surface area (Å²) < 4.78 is 0. The van der Waals surface area contributed by atoms with Crippen molar-refractivity contribution in [1.29, 1.82) is 0 Å². The molecule has 2 aliphatic rings. The Kier molecular flexibility index (Phi) is 5.21.